The zero-order chi connectivity index (χ0) is 50.4. The van der Waals surface area contributed by atoms with E-state index in [9.17, 15) is 5.53 Å². The second-order valence-electron chi connectivity index (χ2n) is 22.4. The van der Waals surface area contributed by atoms with Crippen LogP contribution in [0.3, 0.4) is 0 Å². The summed E-state index contributed by atoms with van der Waals surface area (Å²) in [6.07, 6.45) is 56.9. The maximum atomic E-state index is 13.2. The van der Waals surface area contributed by atoms with E-state index in [1.165, 1.54) is 258 Å². The first-order valence-corrected chi connectivity index (χ1v) is 31.7. The molecule has 398 valence electrons. The molecule has 0 saturated heterocycles. The Labute approximate surface area is 437 Å². The molecule has 0 spiro atoms. The van der Waals surface area contributed by atoms with Gasteiger partial charge in [0.1, 0.15) is 0 Å². The molecule has 3 rings (SSSR count). The molecule has 0 atom stereocenters. The van der Waals surface area contributed by atoms with Gasteiger partial charge in [0.25, 0.3) is 0 Å². The molecule has 0 amide bonds. The summed E-state index contributed by atoms with van der Waals surface area (Å²) in [5.41, 5.74) is 30.4. The molecule has 1 aliphatic heterocycles. The first-order chi connectivity index (χ1) is 34.4. The summed E-state index contributed by atoms with van der Waals surface area (Å²) >= 11 is 0. The second-order valence-corrected chi connectivity index (χ2v) is 22.4. The second kappa shape index (κ2) is 40.0. The van der Waals surface area contributed by atoms with E-state index in [4.69, 9.17) is 0 Å². The number of allylic oxidation sites excluding steroid dienone is 2. The lowest BCUT2D eigenvalue weighted by Gasteiger charge is -2.20. The van der Waals surface area contributed by atoms with Gasteiger partial charge in [-0.1, -0.05) is 254 Å². The van der Waals surface area contributed by atoms with Crippen LogP contribution in [-0.4, -0.2) is 4.70 Å². The monoisotopic (exact) mass is 961 g/mol. The molecule has 0 N–H and O–H groups in total. The van der Waals surface area contributed by atoms with Crippen molar-refractivity contribution in [1.82, 2.24) is 0 Å². The first kappa shape index (κ1) is 61.8. The van der Waals surface area contributed by atoms with Gasteiger partial charge in [-0.15, -0.1) is 0 Å². The van der Waals surface area contributed by atoms with E-state index in [1.807, 2.05) is 0 Å². The molecule has 1 heterocycles. The van der Waals surface area contributed by atoms with Crippen LogP contribution in [0.25, 0.3) is 16.9 Å². The molecule has 0 saturated carbocycles. The van der Waals surface area contributed by atoms with Gasteiger partial charge >= 0.3 is 0 Å². The lowest BCUT2D eigenvalue weighted by atomic mass is 9.86. The summed E-state index contributed by atoms with van der Waals surface area (Å²) in [6, 6.07) is 10.3. The van der Waals surface area contributed by atoms with E-state index in [0.717, 1.165) is 69.2 Å². The van der Waals surface area contributed by atoms with Gasteiger partial charge in [0, 0.05) is 22.3 Å². The molecule has 0 fully saturated rings. The fourth-order valence-corrected chi connectivity index (χ4v) is 11.9. The maximum Gasteiger partial charge on any atom is 0.211 e. The van der Waals surface area contributed by atoms with E-state index in [0.29, 0.717) is 0 Å². The van der Waals surface area contributed by atoms with Crippen LogP contribution in [0.2, 0.25) is 0 Å². The third-order valence-electron chi connectivity index (χ3n) is 16.0. The first-order valence-electron chi connectivity index (χ1n) is 31.7. The minimum Gasteiger partial charge on any atom is -0.493 e. The lowest BCUT2D eigenvalue weighted by molar-refractivity contribution is -0.345. The summed E-state index contributed by atoms with van der Waals surface area (Å²) in [7, 11) is 0. The van der Waals surface area contributed by atoms with Crippen LogP contribution < -0.4 is 0 Å². The van der Waals surface area contributed by atoms with Crippen LogP contribution in [0.1, 0.15) is 344 Å². The van der Waals surface area contributed by atoms with Gasteiger partial charge in [-0.05, 0) is 141 Å². The van der Waals surface area contributed by atoms with Gasteiger partial charge < -0.3 is 5.53 Å². The molecule has 0 radical (unpaired) electrons. The summed E-state index contributed by atoms with van der Waals surface area (Å²) < 4.78 is 1.77. The van der Waals surface area contributed by atoms with Crippen LogP contribution in [0, 0.1) is 0 Å². The Hall–Kier alpha value is -2.48. The Morgan fingerprint density at radius 1 is 0.257 bits per heavy atom. The lowest BCUT2D eigenvalue weighted by Crippen LogP contribution is -2.09. The largest absolute Gasteiger partial charge is 0.493 e. The standard InChI is InChI=1S/C68H116N2/c1-9-17-22-26-27-28-29-30-31-32-33-34-35-36-37-38-39-44-52-66-65(51-40-21-13-5)68(70(69)67(66)61-53-57(45-14-6)63(47-16-8)58(54-61)46-15-7)62-55-59(48-41-23-18-10-2)64(50-43-25-20-12-4)60(56-62)49-42-24-19-11-3/h53-56H,9-52H2,1-8H3. The van der Waals surface area contributed by atoms with Gasteiger partial charge in [-0.3, -0.25) is 0 Å². The number of hydrogen-bond acceptors (Lipinski definition) is 0. The van der Waals surface area contributed by atoms with Crippen molar-refractivity contribution in [3.63, 3.8) is 0 Å². The minimum absolute atomic E-state index is 1.05. The van der Waals surface area contributed by atoms with Crippen molar-refractivity contribution < 1.29 is 4.70 Å². The Morgan fingerprint density at radius 3 is 0.843 bits per heavy atom. The van der Waals surface area contributed by atoms with Gasteiger partial charge in [0.05, 0.1) is 0 Å². The van der Waals surface area contributed by atoms with E-state index >= 15 is 0 Å². The average molecular weight is 962 g/mol. The number of nitrogens with zero attached hydrogens (tertiary/aromatic N) is 2. The third-order valence-corrected chi connectivity index (χ3v) is 16.0. The minimum atomic E-state index is 1.05. The molecule has 2 heteroatoms. The van der Waals surface area contributed by atoms with Crippen LogP contribution in [0.5, 0.6) is 0 Å². The fourth-order valence-electron chi connectivity index (χ4n) is 11.9. The van der Waals surface area contributed by atoms with Crippen molar-refractivity contribution >= 4 is 11.4 Å². The summed E-state index contributed by atoms with van der Waals surface area (Å²) in [4.78, 5) is 0. The number of aryl methyl sites for hydroxylation is 4. The van der Waals surface area contributed by atoms with Crippen molar-refractivity contribution in [1.29, 1.82) is 0 Å². The topological polar surface area (TPSA) is 25.3 Å². The van der Waals surface area contributed by atoms with Gasteiger partial charge in [-0.25, -0.2) is 4.70 Å². The Morgan fingerprint density at radius 2 is 0.500 bits per heavy atom. The molecular formula is C68H116N2. The Bertz CT molecular complexity index is 1680. The van der Waals surface area contributed by atoms with E-state index in [2.05, 4.69) is 79.7 Å². The van der Waals surface area contributed by atoms with Crippen molar-refractivity contribution in [2.75, 3.05) is 0 Å². The predicted molar refractivity (Wildman–Crippen MR) is 313 cm³/mol. The molecule has 2 aromatic rings. The maximum absolute atomic E-state index is 13.2. The normalized spacial score (nSPS) is 13.0. The van der Waals surface area contributed by atoms with Crippen LogP contribution in [0.4, 0.5) is 0 Å². The molecule has 70 heavy (non-hydrogen) atoms. The highest BCUT2D eigenvalue weighted by molar-refractivity contribution is 5.83. The zero-order valence-electron chi connectivity index (χ0n) is 48.3. The average Bonchev–Trinajstić information content (AvgIpc) is 3.63. The smallest absolute Gasteiger partial charge is 0.211 e. The van der Waals surface area contributed by atoms with E-state index in [1.54, 1.807) is 27.0 Å². The SMILES string of the molecule is CCCCCCCCCCCCCCCCCCCCC1=C(c2cc(CCC)c(CCC)c(CCC)c2)[N+](=[N-])C(c2cc(CCCCCC)c(CCCCCC)c(CCCCCC)c2)=C1CCCCC. The van der Waals surface area contributed by atoms with E-state index in [-0.39, 0.29) is 0 Å². The van der Waals surface area contributed by atoms with Crippen LogP contribution in [-0.2, 0) is 38.5 Å². The highest BCUT2D eigenvalue weighted by Crippen LogP contribution is 2.46. The van der Waals surface area contributed by atoms with Crippen molar-refractivity contribution in [3.8, 4) is 0 Å². The number of unbranched alkanes of at least 4 members (excludes halogenated alkanes) is 28. The summed E-state index contributed by atoms with van der Waals surface area (Å²) in [6.45, 7) is 18.7. The number of hydrogen-bond donors (Lipinski definition) is 0. The zero-order valence-corrected chi connectivity index (χ0v) is 48.3. The van der Waals surface area contributed by atoms with Crippen molar-refractivity contribution in [2.45, 2.75) is 338 Å². The quantitative estimate of drug-likeness (QED) is 0.0467. The van der Waals surface area contributed by atoms with Gasteiger partial charge in [-0.2, -0.15) is 0 Å². The molecule has 0 bridgehead atoms. The molecule has 2 aromatic carbocycles. The fraction of sp³-hybridized carbons (Fsp3) is 0.765. The molecule has 0 aromatic heterocycles. The molecule has 1 aliphatic rings. The third kappa shape index (κ3) is 22.7. The Kier molecular flexibility index (Phi) is 35.3. The summed E-state index contributed by atoms with van der Waals surface area (Å²) in [5, 5.41) is 0. The predicted octanol–water partition coefficient (Wildman–Crippen LogP) is 23.1. The van der Waals surface area contributed by atoms with Crippen molar-refractivity contribution in [3.05, 3.63) is 85.5 Å². The number of rotatable bonds is 46. The highest BCUT2D eigenvalue weighted by Gasteiger charge is 2.36. The van der Waals surface area contributed by atoms with Gasteiger partial charge in [0.2, 0.25) is 11.4 Å². The summed E-state index contributed by atoms with van der Waals surface area (Å²) in [5.74, 6) is 0. The molecular weight excluding hydrogens is 845 g/mol. The van der Waals surface area contributed by atoms with Gasteiger partial charge in [0.15, 0.2) is 0 Å². The van der Waals surface area contributed by atoms with Crippen LogP contribution >= 0.6 is 0 Å². The van der Waals surface area contributed by atoms with Crippen LogP contribution in [0.15, 0.2) is 35.4 Å². The molecule has 0 unspecified atom stereocenters. The number of benzene rings is 2. The Balaban J connectivity index is 2.00. The van der Waals surface area contributed by atoms with E-state index < -0.39 is 0 Å². The van der Waals surface area contributed by atoms with Crippen molar-refractivity contribution in [2.24, 2.45) is 0 Å². The highest BCUT2D eigenvalue weighted by atomic mass is 15.2. The molecule has 2 nitrogen and oxygen atoms in total. The molecule has 0 aliphatic carbocycles.